The fourth-order valence-electron chi connectivity index (χ4n) is 3.08. The van der Waals surface area contributed by atoms with Gasteiger partial charge in [0.05, 0.1) is 5.56 Å². The van der Waals surface area contributed by atoms with Crippen molar-refractivity contribution in [3.05, 3.63) is 53.1 Å². The molecule has 0 saturated heterocycles. The standard InChI is InChI=1S/C20H23N5O/c1-4-5-8-20(23-24-20)9-12-22-19(26)18-13-15(2)25(16(18)3)14-17-6-10-21-11-7-17/h1,6-7,10-11,13H,5,8-9,12,14H2,2-3H3,(H,22,26). The molecule has 0 unspecified atom stereocenters. The second-order valence-corrected chi connectivity index (χ2v) is 6.62. The molecule has 2 aromatic heterocycles. The van der Waals surface area contributed by atoms with Crippen LogP contribution in [0.3, 0.4) is 0 Å². The van der Waals surface area contributed by atoms with E-state index in [2.05, 4.69) is 31.0 Å². The van der Waals surface area contributed by atoms with Crippen molar-refractivity contribution in [2.75, 3.05) is 6.54 Å². The summed E-state index contributed by atoms with van der Waals surface area (Å²) in [6.45, 7) is 5.25. The summed E-state index contributed by atoms with van der Waals surface area (Å²) in [6.07, 6.45) is 10.9. The van der Waals surface area contributed by atoms with Crippen LogP contribution in [0.15, 0.2) is 40.8 Å². The van der Waals surface area contributed by atoms with Crippen molar-refractivity contribution in [1.29, 1.82) is 0 Å². The van der Waals surface area contributed by atoms with Gasteiger partial charge >= 0.3 is 0 Å². The summed E-state index contributed by atoms with van der Waals surface area (Å²) >= 11 is 0. The Morgan fingerprint density at radius 3 is 2.65 bits per heavy atom. The average Bonchev–Trinajstić information content (AvgIpc) is 3.36. The largest absolute Gasteiger partial charge is 0.352 e. The second-order valence-electron chi connectivity index (χ2n) is 6.62. The van der Waals surface area contributed by atoms with Crippen LogP contribution in [0, 0.1) is 26.2 Å². The topological polar surface area (TPSA) is 71.6 Å². The minimum atomic E-state index is -0.363. The van der Waals surface area contributed by atoms with Crippen molar-refractivity contribution in [2.24, 2.45) is 10.2 Å². The molecule has 1 aliphatic heterocycles. The van der Waals surface area contributed by atoms with Crippen molar-refractivity contribution in [1.82, 2.24) is 14.9 Å². The van der Waals surface area contributed by atoms with Crippen molar-refractivity contribution in [2.45, 2.75) is 45.3 Å². The molecule has 1 aliphatic rings. The minimum absolute atomic E-state index is 0.0631. The fraction of sp³-hybridized carbons (Fsp3) is 0.400. The summed E-state index contributed by atoms with van der Waals surface area (Å²) in [6, 6.07) is 5.90. The van der Waals surface area contributed by atoms with E-state index >= 15 is 0 Å². The molecule has 0 radical (unpaired) electrons. The Morgan fingerprint density at radius 2 is 2.00 bits per heavy atom. The quantitative estimate of drug-likeness (QED) is 0.743. The van der Waals surface area contributed by atoms with E-state index in [0.29, 0.717) is 24.9 Å². The Labute approximate surface area is 153 Å². The molecule has 0 spiro atoms. The van der Waals surface area contributed by atoms with E-state index in [1.807, 2.05) is 32.0 Å². The molecule has 1 amide bonds. The van der Waals surface area contributed by atoms with Gasteiger partial charge in [-0.2, -0.15) is 10.2 Å². The lowest BCUT2D eigenvalue weighted by Crippen LogP contribution is -2.28. The SMILES string of the molecule is C#CCCC1(CCNC(=O)c2cc(C)n(Cc3ccncc3)c2C)N=N1. The molecule has 6 heteroatoms. The van der Waals surface area contributed by atoms with Crippen LogP contribution in [-0.4, -0.2) is 27.7 Å². The van der Waals surface area contributed by atoms with E-state index in [-0.39, 0.29) is 11.6 Å². The highest BCUT2D eigenvalue weighted by atomic mass is 16.1. The number of aromatic nitrogens is 2. The van der Waals surface area contributed by atoms with Crippen LogP contribution in [0.4, 0.5) is 0 Å². The molecule has 0 atom stereocenters. The number of nitrogens with zero attached hydrogens (tertiary/aromatic N) is 4. The van der Waals surface area contributed by atoms with Gasteiger partial charge in [-0.3, -0.25) is 9.78 Å². The van der Waals surface area contributed by atoms with E-state index in [1.165, 1.54) is 0 Å². The van der Waals surface area contributed by atoms with E-state index < -0.39 is 0 Å². The zero-order valence-electron chi connectivity index (χ0n) is 15.2. The number of carbonyl (C=O) groups excluding carboxylic acids is 1. The van der Waals surface area contributed by atoms with Gasteiger partial charge in [-0.05, 0) is 37.6 Å². The van der Waals surface area contributed by atoms with Crippen LogP contribution in [0.2, 0.25) is 0 Å². The third kappa shape index (κ3) is 3.99. The van der Waals surface area contributed by atoms with Gasteiger partial charge in [0.15, 0.2) is 5.66 Å². The first kappa shape index (κ1) is 17.9. The Morgan fingerprint density at radius 1 is 1.27 bits per heavy atom. The van der Waals surface area contributed by atoms with E-state index in [0.717, 1.165) is 29.9 Å². The monoisotopic (exact) mass is 349 g/mol. The number of pyridine rings is 1. The van der Waals surface area contributed by atoms with Crippen LogP contribution >= 0.6 is 0 Å². The number of hydrogen-bond acceptors (Lipinski definition) is 4. The molecule has 1 N–H and O–H groups in total. The minimum Gasteiger partial charge on any atom is -0.352 e. The summed E-state index contributed by atoms with van der Waals surface area (Å²) < 4.78 is 2.14. The molecular weight excluding hydrogens is 326 g/mol. The lowest BCUT2D eigenvalue weighted by molar-refractivity contribution is 0.0951. The van der Waals surface area contributed by atoms with E-state index in [9.17, 15) is 4.79 Å². The molecule has 2 aromatic rings. The second kappa shape index (κ2) is 7.52. The first-order valence-electron chi connectivity index (χ1n) is 8.76. The van der Waals surface area contributed by atoms with Crippen molar-refractivity contribution in [3.63, 3.8) is 0 Å². The van der Waals surface area contributed by atoms with Gasteiger partial charge in [0.1, 0.15) is 0 Å². The maximum absolute atomic E-state index is 12.6. The molecular formula is C20H23N5O. The van der Waals surface area contributed by atoms with Crippen molar-refractivity contribution >= 4 is 5.91 Å². The first-order valence-corrected chi connectivity index (χ1v) is 8.76. The maximum atomic E-state index is 12.6. The smallest absolute Gasteiger partial charge is 0.253 e. The predicted molar refractivity (Wildman–Crippen MR) is 99.8 cm³/mol. The summed E-state index contributed by atoms with van der Waals surface area (Å²) in [5.41, 5.74) is 3.51. The zero-order valence-corrected chi connectivity index (χ0v) is 15.2. The highest BCUT2D eigenvalue weighted by Gasteiger charge is 2.38. The number of carbonyl (C=O) groups is 1. The number of aryl methyl sites for hydroxylation is 1. The number of rotatable bonds is 8. The molecule has 0 aliphatic carbocycles. The van der Waals surface area contributed by atoms with Crippen molar-refractivity contribution in [3.8, 4) is 12.3 Å². The molecule has 0 fully saturated rings. The molecule has 6 nitrogen and oxygen atoms in total. The Balaban J connectivity index is 1.60. The predicted octanol–water partition coefficient (Wildman–Crippen LogP) is 3.24. The Bertz CT molecular complexity index is 854. The lowest BCUT2D eigenvalue weighted by atomic mass is 10.0. The van der Waals surface area contributed by atoms with Crippen LogP contribution in [0.5, 0.6) is 0 Å². The van der Waals surface area contributed by atoms with Gasteiger partial charge in [0, 0.05) is 56.1 Å². The molecule has 3 heterocycles. The van der Waals surface area contributed by atoms with Gasteiger partial charge in [0.25, 0.3) is 5.91 Å². The van der Waals surface area contributed by atoms with Crippen LogP contribution < -0.4 is 5.32 Å². The Hall–Kier alpha value is -2.94. The first-order chi connectivity index (χ1) is 12.5. The molecule has 3 rings (SSSR count). The third-order valence-corrected chi connectivity index (χ3v) is 4.77. The van der Waals surface area contributed by atoms with Gasteiger partial charge < -0.3 is 9.88 Å². The maximum Gasteiger partial charge on any atom is 0.253 e. The number of terminal acetylenes is 1. The van der Waals surface area contributed by atoms with Gasteiger partial charge in [-0.1, -0.05) is 0 Å². The molecule has 134 valence electrons. The normalized spacial score (nSPS) is 14.0. The summed E-state index contributed by atoms with van der Waals surface area (Å²) in [7, 11) is 0. The molecule has 0 aromatic carbocycles. The molecule has 26 heavy (non-hydrogen) atoms. The summed E-state index contributed by atoms with van der Waals surface area (Å²) in [4.78, 5) is 16.6. The fourth-order valence-corrected chi connectivity index (χ4v) is 3.08. The van der Waals surface area contributed by atoms with Crippen LogP contribution in [0.1, 0.15) is 46.6 Å². The number of amides is 1. The highest BCUT2D eigenvalue weighted by molar-refractivity contribution is 5.95. The Kier molecular flexibility index (Phi) is 5.17. The van der Waals surface area contributed by atoms with Gasteiger partial charge in [-0.15, -0.1) is 12.3 Å². The third-order valence-electron chi connectivity index (χ3n) is 4.77. The molecule has 0 saturated carbocycles. The van der Waals surface area contributed by atoms with E-state index in [4.69, 9.17) is 6.42 Å². The number of nitrogens with one attached hydrogen (secondary N) is 1. The van der Waals surface area contributed by atoms with Gasteiger partial charge in [-0.25, -0.2) is 0 Å². The van der Waals surface area contributed by atoms with Crippen LogP contribution in [-0.2, 0) is 6.54 Å². The highest BCUT2D eigenvalue weighted by Crippen LogP contribution is 2.36. The summed E-state index contributed by atoms with van der Waals surface area (Å²) in [5.74, 6) is 2.55. The lowest BCUT2D eigenvalue weighted by Gasteiger charge is -2.11. The van der Waals surface area contributed by atoms with E-state index in [1.54, 1.807) is 12.4 Å². The zero-order chi connectivity index (χ0) is 18.6. The average molecular weight is 349 g/mol. The molecule has 0 bridgehead atoms. The van der Waals surface area contributed by atoms with Gasteiger partial charge in [0.2, 0.25) is 0 Å². The van der Waals surface area contributed by atoms with Crippen LogP contribution in [0.25, 0.3) is 0 Å². The van der Waals surface area contributed by atoms with Crippen molar-refractivity contribution < 1.29 is 4.79 Å². The summed E-state index contributed by atoms with van der Waals surface area (Å²) in [5, 5.41) is 11.2. The number of hydrogen-bond donors (Lipinski definition) is 1.